The fourth-order valence-electron chi connectivity index (χ4n) is 2.33. The summed E-state index contributed by atoms with van der Waals surface area (Å²) < 4.78 is 48.2. The monoisotopic (exact) mass is 354 g/mol. The van der Waals surface area contributed by atoms with Gasteiger partial charge in [-0.1, -0.05) is 19.1 Å². The molecule has 0 radical (unpaired) electrons. The maximum Gasteiger partial charge on any atom is 0.416 e. The van der Waals surface area contributed by atoms with Gasteiger partial charge in [0.15, 0.2) is 5.78 Å². The Morgan fingerprint density at radius 2 is 1.76 bits per heavy atom. The molecule has 0 atom stereocenters. The highest BCUT2D eigenvalue weighted by Gasteiger charge is 2.30. The summed E-state index contributed by atoms with van der Waals surface area (Å²) in [6, 6.07) is 5.90. The van der Waals surface area contributed by atoms with E-state index in [2.05, 4.69) is 0 Å². The zero-order chi connectivity index (χ0) is 18.6. The number of alkyl halides is 3. The van der Waals surface area contributed by atoms with E-state index in [-0.39, 0.29) is 17.9 Å². The van der Waals surface area contributed by atoms with Gasteiger partial charge < -0.3 is 9.15 Å². The van der Waals surface area contributed by atoms with Crippen LogP contribution in [0, 0.1) is 0 Å². The summed E-state index contributed by atoms with van der Waals surface area (Å²) in [6.07, 6.45) is -4.42. The van der Waals surface area contributed by atoms with Crippen LogP contribution in [0.2, 0.25) is 0 Å². The lowest BCUT2D eigenvalue weighted by Gasteiger charge is -2.06. The van der Waals surface area contributed by atoms with Crippen molar-refractivity contribution in [2.45, 2.75) is 32.9 Å². The number of hydrogen-bond donors (Lipinski definition) is 0. The van der Waals surface area contributed by atoms with Gasteiger partial charge in [0.2, 0.25) is 0 Å². The Labute approximate surface area is 142 Å². The van der Waals surface area contributed by atoms with E-state index in [4.69, 9.17) is 9.15 Å². The second-order valence-electron chi connectivity index (χ2n) is 5.28. The number of carbonyl (C=O) groups excluding carboxylic acids is 2. The highest BCUT2D eigenvalue weighted by atomic mass is 19.4. The summed E-state index contributed by atoms with van der Waals surface area (Å²) in [6.45, 7) is 3.59. The van der Waals surface area contributed by atoms with Crippen LogP contribution in [-0.2, 0) is 22.1 Å². The molecule has 1 heterocycles. The van der Waals surface area contributed by atoms with Crippen LogP contribution < -0.4 is 0 Å². The molecule has 0 saturated carbocycles. The molecular formula is C18H17F3O4. The van der Waals surface area contributed by atoms with Crippen molar-refractivity contribution in [3.05, 3.63) is 47.2 Å². The maximum absolute atomic E-state index is 12.6. The molecule has 0 spiro atoms. The average molecular weight is 354 g/mol. The van der Waals surface area contributed by atoms with Gasteiger partial charge in [0.05, 0.1) is 17.7 Å². The average Bonchev–Trinajstić information content (AvgIpc) is 2.99. The van der Waals surface area contributed by atoms with Crippen LogP contribution in [0.4, 0.5) is 13.2 Å². The smallest absolute Gasteiger partial charge is 0.416 e. The minimum absolute atomic E-state index is 0.176. The maximum atomic E-state index is 12.6. The van der Waals surface area contributed by atoms with E-state index in [1.807, 2.05) is 0 Å². The Morgan fingerprint density at radius 3 is 2.28 bits per heavy atom. The van der Waals surface area contributed by atoms with E-state index in [1.165, 1.54) is 18.2 Å². The number of hydrogen-bond acceptors (Lipinski definition) is 4. The van der Waals surface area contributed by atoms with Crippen LogP contribution in [0.3, 0.4) is 0 Å². The molecule has 0 bridgehead atoms. The largest absolute Gasteiger partial charge is 0.466 e. The summed E-state index contributed by atoms with van der Waals surface area (Å²) in [7, 11) is 0. The molecule has 0 aliphatic rings. The first-order valence-electron chi connectivity index (χ1n) is 7.75. The first-order valence-corrected chi connectivity index (χ1v) is 7.75. The molecule has 7 heteroatoms. The van der Waals surface area contributed by atoms with Gasteiger partial charge in [0.1, 0.15) is 17.9 Å². The number of carbonyl (C=O) groups is 2. The van der Waals surface area contributed by atoms with Crippen LogP contribution in [-0.4, -0.2) is 18.4 Å². The van der Waals surface area contributed by atoms with Crippen molar-refractivity contribution >= 4 is 11.8 Å². The van der Waals surface area contributed by atoms with Gasteiger partial charge in [0.25, 0.3) is 0 Å². The molecule has 0 unspecified atom stereocenters. The molecule has 1 aromatic carbocycles. The first-order chi connectivity index (χ1) is 11.8. The number of furan rings is 1. The second kappa shape index (κ2) is 7.55. The predicted octanol–water partition coefficient (Wildman–Crippen LogP) is 4.66. The number of aryl methyl sites for hydroxylation is 1. The fourth-order valence-corrected chi connectivity index (χ4v) is 2.33. The topological polar surface area (TPSA) is 56.5 Å². The standard InChI is InChI=1S/C18H17F3O4/c1-3-15-13(14(22)10-17(23)24-4-2)9-16(25-15)11-5-7-12(8-6-11)18(19,20)21/h5-9H,3-4,10H2,1-2H3. The number of halogens is 3. The van der Waals surface area contributed by atoms with Gasteiger partial charge in [-0.3, -0.25) is 9.59 Å². The molecule has 1 aromatic heterocycles. The van der Waals surface area contributed by atoms with E-state index in [9.17, 15) is 22.8 Å². The number of ether oxygens (including phenoxy) is 1. The normalized spacial score (nSPS) is 11.4. The van der Waals surface area contributed by atoms with Crippen molar-refractivity contribution in [2.24, 2.45) is 0 Å². The number of ketones is 1. The number of rotatable bonds is 6. The zero-order valence-electron chi connectivity index (χ0n) is 13.8. The van der Waals surface area contributed by atoms with E-state index < -0.39 is 29.9 Å². The predicted molar refractivity (Wildman–Crippen MR) is 84.1 cm³/mol. The fraction of sp³-hybridized carbons (Fsp3) is 0.333. The molecule has 0 aliphatic heterocycles. The quantitative estimate of drug-likeness (QED) is 0.430. The molecule has 2 aromatic rings. The molecule has 0 saturated heterocycles. The minimum Gasteiger partial charge on any atom is -0.466 e. The molecule has 2 rings (SSSR count). The van der Waals surface area contributed by atoms with Crippen LogP contribution in [0.15, 0.2) is 34.7 Å². The third kappa shape index (κ3) is 4.49. The van der Waals surface area contributed by atoms with Crippen molar-refractivity contribution in [2.75, 3.05) is 6.61 Å². The minimum atomic E-state index is -4.42. The lowest BCUT2D eigenvalue weighted by Crippen LogP contribution is -2.11. The second-order valence-corrected chi connectivity index (χ2v) is 5.28. The number of benzene rings is 1. The molecule has 134 valence electrons. The molecular weight excluding hydrogens is 337 g/mol. The highest BCUT2D eigenvalue weighted by Crippen LogP contribution is 2.32. The van der Waals surface area contributed by atoms with Crippen LogP contribution in [0.5, 0.6) is 0 Å². The van der Waals surface area contributed by atoms with E-state index in [0.29, 0.717) is 17.7 Å². The molecule has 4 nitrogen and oxygen atoms in total. The lowest BCUT2D eigenvalue weighted by molar-refractivity contribution is -0.142. The summed E-state index contributed by atoms with van der Waals surface area (Å²) >= 11 is 0. The zero-order valence-corrected chi connectivity index (χ0v) is 13.8. The van der Waals surface area contributed by atoms with Crippen LogP contribution in [0.1, 0.15) is 41.9 Å². The first kappa shape index (κ1) is 18.8. The third-order valence-electron chi connectivity index (χ3n) is 3.54. The van der Waals surface area contributed by atoms with E-state index in [0.717, 1.165) is 12.1 Å². The van der Waals surface area contributed by atoms with E-state index >= 15 is 0 Å². The Kier molecular flexibility index (Phi) is 5.66. The summed E-state index contributed by atoms with van der Waals surface area (Å²) in [5.74, 6) is -0.425. The summed E-state index contributed by atoms with van der Waals surface area (Å²) in [5, 5.41) is 0. The van der Waals surface area contributed by atoms with E-state index in [1.54, 1.807) is 13.8 Å². The van der Waals surface area contributed by atoms with Crippen molar-refractivity contribution < 1.29 is 31.9 Å². The van der Waals surface area contributed by atoms with Crippen molar-refractivity contribution in [1.29, 1.82) is 0 Å². The van der Waals surface area contributed by atoms with Gasteiger partial charge in [0, 0.05) is 12.0 Å². The Bertz CT molecular complexity index is 758. The van der Waals surface area contributed by atoms with Crippen LogP contribution in [0.25, 0.3) is 11.3 Å². The van der Waals surface area contributed by atoms with Crippen LogP contribution >= 0.6 is 0 Å². The summed E-state index contributed by atoms with van der Waals surface area (Å²) in [5.41, 5.74) is -0.111. The van der Waals surface area contributed by atoms with Crippen molar-refractivity contribution in [1.82, 2.24) is 0 Å². The Morgan fingerprint density at radius 1 is 1.12 bits per heavy atom. The number of esters is 1. The van der Waals surface area contributed by atoms with Crippen molar-refractivity contribution in [3.8, 4) is 11.3 Å². The van der Waals surface area contributed by atoms with Crippen molar-refractivity contribution in [3.63, 3.8) is 0 Å². The molecule has 0 aliphatic carbocycles. The van der Waals surface area contributed by atoms with Gasteiger partial charge in [-0.25, -0.2) is 0 Å². The van der Waals surface area contributed by atoms with Gasteiger partial charge in [-0.2, -0.15) is 13.2 Å². The highest BCUT2D eigenvalue weighted by molar-refractivity contribution is 6.07. The molecule has 0 fully saturated rings. The molecule has 0 N–H and O–H groups in total. The third-order valence-corrected chi connectivity index (χ3v) is 3.54. The SMILES string of the molecule is CCOC(=O)CC(=O)c1cc(-c2ccc(C(F)(F)F)cc2)oc1CC. The summed E-state index contributed by atoms with van der Waals surface area (Å²) in [4.78, 5) is 23.7. The van der Waals surface area contributed by atoms with Gasteiger partial charge in [-0.15, -0.1) is 0 Å². The van der Waals surface area contributed by atoms with Gasteiger partial charge >= 0.3 is 12.1 Å². The molecule has 0 amide bonds. The number of Topliss-reactive ketones (excluding diaryl/α,β-unsaturated/α-hetero) is 1. The Hall–Kier alpha value is -2.57. The molecule has 25 heavy (non-hydrogen) atoms. The van der Waals surface area contributed by atoms with Gasteiger partial charge in [-0.05, 0) is 25.1 Å². The Balaban J connectivity index is 2.28. The lowest BCUT2D eigenvalue weighted by atomic mass is 10.1.